The monoisotopic (exact) mass is 247 g/mol. The van der Waals surface area contributed by atoms with Crippen LogP contribution >= 0.6 is 0 Å². The van der Waals surface area contributed by atoms with Crippen molar-refractivity contribution in [2.45, 2.75) is 51.0 Å². The van der Waals surface area contributed by atoms with Crippen molar-refractivity contribution >= 4 is 5.91 Å². The molecule has 3 rings (SSSR count). The molecule has 98 valence electrons. The minimum Gasteiger partial charge on any atom is -0.334 e. The zero-order valence-corrected chi connectivity index (χ0v) is 10.8. The van der Waals surface area contributed by atoms with Gasteiger partial charge in [-0.25, -0.2) is 0 Å². The molecule has 4 nitrogen and oxygen atoms in total. The van der Waals surface area contributed by atoms with Crippen LogP contribution in [0.5, 0.6) is 0 Å². The molecule has 1 amide bonds. The lowest BCUT2D eigenvalue weighted by Gasteiger charge is -2.36. The Morgan fingerprint density at radius 3 is 2.72 bits per heavy atom. The van der Waals surface area contributed by atoms with Crippen molar-refractivity contribution in [3.05, 3.63) is 18.0 Å². The first kappa shape index (κ1) is 11.8. The molecule has 0 aromatic carbocycles. The normalized spacial score (nSPS) is 25.6. The first-order valence-electron chi connectivity index (χ1n) is 7.16. The van der Waals surface area contributed by atoms with Gasteiger partial charge in [0.25, 0.3) is 0 Å². The largest absolute Gasteiger partial charge is 0.334 e. The number of hydrogen-bond donors (Lipinski definition) is 1. The minimum absolute atomic E-state index is 0.231. The zero-order chi connectivity index (χ0) is 12.4. The number of likely N-dealkylation sites (tertiary alicyclic amines) is 1. The van der Waals surface area contributed by atoms with Crippen molar-refractivity contribution < 1.29 is 4.79 Å². The van der Waals surface area contributed by atoms with E-state index in [-0.39, 0.29) is 12.0 Å². The number of nitrogens with one attached hydrogen (secondary N) is 1. The summed E-state index contributed by atoms with van der Waals surface area (Å²) >= 11 is 0. The Morgan fingerprint density at radius 2 is 2.00 bits per heavy atom. The number of carbonyl (C=O) groups is 1. The molecule has 1 aromatic rings. The third-order valence-corrected chi connectivity index (χ3v) is 4.37. The van der Waals surface area contributed by atoms with Gasteiger partial charge in [-0.05, 0) is 38.2 Å². The number of nitrogens with zero attached hydrogens (tertiary/aromatic N) is 2. The van der Waals surface area contributed by atoms with Gasteiger partial charge in [-0.1, -0.05) is 12.8 Å². The maximum Gasteiger partial charge on any atom is 0.226 e. The molecule has 4 heteroatoms. The predicted octanol–water partition coefficient (Wildman–Crippen LogP) is 2.65. The molecule has 1 aliphatic carbocycles. The molecule has 1 aliphatic heterocycles. The van der Waals surface area contributed by atoms with E-state index in [4.69, 9.17) is 0 Å². The summed E-state index contributed by atoms with van der Waals surface area (Å²) in [6, 6.07) is 2.24. The van der Waals surface area contributed by atoms with Crippen LogP contribution in [0, 0.1) is 5.92 Å². The fourth-order valence-electron chi connectivity index (χ4n) is 3.38. The van der Waals surface area contributed by atoms with Crippen molar-refractivity contribution in [2.75, 3.05) is 6.54 Å². The van der Waals surface area contributed by atoms with E-state index >= 15 is 0 Å². The third-order valence-electron chi connectivity index (χ3n) is 4.37. The van der Waals surface area contributed by atoms with Gasteiger partial charge in [-0.15, -0.1) is 0 Å². The van der Waals surface area contributed by atoms with Crippen LogP contribution in [-0.2, 0) is 4.79 Å². The van der Waals surface area contributed by atoms with E-state index in [1.807, 2.05) is 6.07 Å². The second-order valence-electron chi connectivity index (χ2n) is 5.54. The van der Waals surface area contributed by atoms with Crippen LogP contribution in [0.2, 0.25) is 0 Å². The molecule has 1 saturated carbocycles. The van der Waals surface area contributed by atoms with Crippen LogP contribution in [-0.4, -0.2) is 27.5 Å². The third kappa shape index (κ3) is 2.16. The van der Waals surface area contributed by atoms with E-state index in [1.54, 1.807) is 6.20 Å². The Morgan fingerprint density at radius 1 is 1.22 bits per heavy atom. The second-order valence-corrected chi connectivity index (χ2v) is 5.54. The van der Waals surface area contributed by atoms with Gasteiger partial charge in [0.2, 0.25) is 5.91 Å². The molecular formula is C14H21N3O. The van der Waals surface area contributed by atoms with E-state index in [2.05, 4.69) is 15.1 Å². The number of carbonyl (C=O) groups excluding carboxylic acids is 1. The molecule has 0 unspecified atom stereocenters. The summed E-state index contributed by atoms with van der Waals surface area (Å²) < 4.78 is 0. The Bertz CT molecular complexity index is 395. The van der Waals surface area contributed by atoms with Gasteiger partial charge in [0.15, 0.2) is 0 Å². The fourth-order valence-corrected chi connectivity index (χ4v) is 3.38. The van der Waals surface area contributed by atoms with Crippen LogP contribution < -0.4 is 0 Å². The Hall–Kier alpha value is -1.32. The van der Waals surface area contributed by atoms with Crippen molar-refractivity contribution in [2.24, 2.45) is 5.92 Å². The topological polar surface area (TPSA) is 49.0 Å². The zero-order valence-electron chi connectivity index (χ0n) is 10.8. The van der Waals surface area contributed by atoms with E-state index in [1.165, 1.54) is 19.3 Å². The SMILES string of the molecule is O=C(C1CCCC1)N1CCCC[C@@H]1c1ccn[nH]1. The lowest BCUT2D eigenvalue weighted by Crippen LogP contribution is -2.41. The van der Waals surface area contributed by atoms with Gasteiger partial charge in [0.05, 0.1) is 11.7 Å². The van der Waals surface area contributed by atoms with Crippen molar-refractivity contribution in [3.8, 4) is 0 Å². The molecule has 1 aromatic heterocycles. The second kappa shape index (κ2) is 5.12. The molecular weight excluding hydrogens is 226 g/mol. The van der Waals surface area contributed by atoms with Crippen molar-refractivity contribution in [3.63, 3.8) is 0 Å². The lowest BCUT2D eigenvalue weighted by molar-refractivity contribution is -0.139. The number of H-pyrrole nitrogens is 1. The quantitative estimate of drug-likeness (QED) is 0.873. The molecule has 0 radical (unpaired) electrons. The van der Waals surface area contributed by atoms with E-state index in [9.17, 15) is 4.79 Å². The highest BCUT2D eigenvalue weighted by molar-refractivity contribution is 5.79. The number of aromatic nitrogens is 2. The number of aromatic amines is 1. The van der Waals surface area contributed by atoms with Crippen molar-refractivity contribution in [1.82, 2.24) is 15.1 Å². The van der Waals surface area contributed by atoms with E-state index in [0.717, 1.165) is 37.9 Å². The summed E-state index contributed by atoms with van der Waals surface area (Å²) in [7, 11) is 0. The van der Waals surface area contributed by atoms with Gasteiger partial charge in [0, 0.05) is 18.7 Å². The fraction of sp³-hybridized carbons (Fsp3) is 0.714. The molecule has 2 fully saturated rings. The van der Waals surface area contributed by atoms with Gasteiger partial charge in [-0.3, -0.25) is 9.89 Å². The van der Waals surface area contributed by atoms with Crippen LogP contribution in [0.3, 0.4) is 0 Å². The Balaban J connectivity index is 1.77. The summed E-state index contributed by atoms with van der Waals surface area (Å²) in [5, 5.41) is 7.06. The highest BCUT2D eigenvalue weighted by atomic mass is 16.2. The van der Waals surface area contributed by atoms with E-state index < -0.39 is 0 Å². The number of piperidine rings is 1. The first-order chi connectivity index (χ1) is 8.86. The maximum atomic E-state index is 12.6. The molecule has 0 bridgehead atoms. The summed E-state index contributed by atoms with van der Waals surface area (Å²) in [4.78, 5) is 14.7. The summed E-state index contributed by atoms with van der Waals surface area (Å²) in [6.45, 7) is 0.916. The van der Waals surface area contributed by atoms with Crippen LogP contribution in [0.25, 0.3) is 0 Å². The molecule has 1 saturated heterocycles. The van der Waals surface area contributed by atoms with Crippen LogP contribution in [0.15, 0.2) is 12.3 Å². The number of rotatable bonds is 2. The standard InChI is InChI=1S/C14H21N3O/c18-14(11-5-1-2-6-11)17-10-4-3-7-13(17)12-8-9-15-16-12/h8-9,11,13H,1-7,10H2,(H,15,16)/t13-/m1/s1. The molecule has 1 atom stereocenters. The van der Waals surface area contributed by atoms with Gasteiger partial charge >= 0.3 is 0 Å². The Kier molecular flexibility index (Phi) is 3.35. The average molecular weight is 247 g/mol. The minimum atomic E-state index is 0.231. The average Bonchev–Trinajstić information content (AvgIpc) is 3.11. The smallest absolute Gasteiger partial charge is 0.226 e. The number of amides is 1. The summed E-state index contributed by atoms with van der Waals surface area (Å²) in [6.07, 6.45) is 9.82. The lowest BCUT2D eigenvalue weighted by atomic mass is 9.96. The maximum absolute atomic E-state index is 12.6. The summed E-state index contributed by atoms with van der Waals surface area (Å²) in [5.41, 5.74) is 1.10. The molecule has 1 N–H and O–H groups in total. The highest BCUT2D eigenvalue weighted by Crippen LogP contribution is 2.34. The highest BCUT2D eigenvalue weighted by Gasteiger charge is 2.33. The van der Waals surface area contributed by atoms with E-state index in [0.29, 0.717) is 5.91 Å². The van der Waals surface area contributed by atoms with Gasteiger partial charge in [0.1, 0.15) is 0 Å². The molecule has 0 spiro atoms. The summed E-state index contributed by atoms with van der Waals surface area (Å²) in [5.74, 6) is 0.667. The van der Waals surface area contributed by atoms with Gasteiger partial charge in [-0.2, -0.15) is 5.10 Å². The number of hydrogen-bond acceptors (Lipinski definition) is 2. The van der Waals surface area contributed by atoms with Crippen LogP contribution in [0.1, 0.15) is 56.7 Å². The molecule has 2 aliphatic rings. The predicted molar refractivity (Wildman–Crippen MR) is 68.9 cm³/mol. The van der Waals surface area contributed by atoms with Crippen molar-refractivity contribution in [1.29, 1.82) is 0 Å². The Labute approximate surface area is 108 Å². The van der Waals surface area contributed by atoms with Gasteiger partial charge < -0.3 is 4.90 Å². The molecule has 2 heterocycles. The molecule has 18 heavy (non-hydrogen) atoms. The first-order valence-corrected chi connectivity index (χ1v) is 7.16. The van der Waals surface area contributed by atoms with Crippen LogP contribution in [0.4, 0.5) is 0 Å².